The normalized spacial score (nSPS) is 14.4. The van der Waals surface area contributed by atoms with Gasteiger partial charge < -0.3 is 30.2 Å². The van der Waals surface area contributed by atoms with E-state index in [1.165, 1.54) is 16.7 Å². The quantitative estimate of drug-likeness (QED) is 0.0874. The number of hydrogen-bond donors (Lipinski definition) is 2. The van der Waals surface area contributed by atoms with Gasteiger partial charge in [0.1, 0.15) is 11.6 Å². The molecule has 12 nitrogen and oxygen atoms in total. The number of rotatable bonds is 17. The van der Waals surface area contributed by atoms with E-state index >= 15 is 0 Å². The van der Waals surface area contributed by atoms with E-state index in [1.807, 2.05) is 139 Å². The van der Waals surface area contributed by atoms with Crippen molar-refractivity contribution < 1.29 is 19.2 Å². The Labute approximate surface area is 414 Å². The molecule has 0 bridgehead atoms. The van der Waals surface area contributed by atoms with Crippen molar-refractivity contribution in [2.24, 2.45) is 0 Å². The Morgan fingerprint density at radius 1 is 0.571 bits per heavy atom. The van der Waals surface area contributed by atoms with Crippen molar-refractivity contribution in [3.05, 3.63) is 191 Å². The Hall–Kier alpha value is -7.34. The highest BCUT2D eigenvalue weighted by Crippen LogP contribution is 2.24. The molecule has 0 radical (unpaired) electrons. The van der Waals surface area contributed by atoms with Crippen LogP contribution in [0.3, 0.4) is 0 Å². The predicted octanol–water partition coefficient (Wildman–Crippen LogP) is 8.32. The van der Waals surface area contributed by atoms with Gasteiger partial charge in [0.15, 0.2) is 0 Å². The van der Waals surface area contributed by atoms with Crippen molar-refractivity contribution in [2.75, 3.05) is 68.7 Å². The van der Waals surface area contributed by atoms with Crippen molar-refractivity contribution >= 4 is 35.3 Å². The zero-order valence-corrected chi connectivity index (χ0v) is 41.0. The number of anilines is 2. The van der Waals surface area contributed by atoms with Crippen molar-refractivity contribution in [1.29, 1.82) is 0 Å². The van der Waals surface area contributed by atoms with Crippen LogP contribution in [0.5, 0.6) is 0 Å². The molecule has 4 heterocycles. The van der Waals surface area contributed by atoms with Crippen LogP contribution in [-0.2, 0) is 28.9 Å². The lowest BCUT2D eigenvalue weighted by atomic mass is 9.95. The van der Waals surface area contributed by atoms with E-state index in [-0.39, 0.29) is 35.6 Å². The highest BCUT2D eigenvalue weighted by molar-refractivity contribution is 5.94. The number of aromatic nitrogens is 2. The van der Waals surface area contributed by atoms with Crippen molar-refractivity contribution in [3.8, 4) is 0 Å². The van der Waals surface area contributed by atoms with E-state index in [0.29, 0.717) is 50.3 Å². The van der Waals surface area contributed by atoms with E-state index in [1.54, 1.807) is 12.4 Å². The molecular weight excluding hydrogens is 873 g/mol. The minimum atomic E-state index is -0.100. The molecule has 2 fully saturated rings. The van der Waals surface area contributed by atoms with Gasteiger partial charge in [0.25, 0.3) is 11.8 Å². The highest BCUT2D eigenvalue weighted by Gasteiger charge is 2.28. The van der Waals surface area contributed by atoms with Gasteiger partial charge in [-0.15, -0.1) is 0 Å². The average molecular weight is 941 g/mol. The van der Waals surface area contributed by atoms with Crippen molar-refractivity contribution in [1.82, 2.24) is 30.4 Å². The second-order valence-electron chi connectivity index (χ2n) is 18.3. The second-order valence-corrected chi connectivity index (χ2v) is 18.3. The summed E-state index contributed by atoms with van der Waals surface area (Å²) in [6, 6.07) is 46.3. The first-order valence-electron chi connectivity index (χ1n) is 24.9. The first-order valence-corrected chi connectivity index (χ1v) is 24.9. The fourth-order valence-electron chi connectivity index (χ4n) is 8.86. The van der Waals surface area contributed by atoms with Crippen molar-refractivity contribution in [3.63, 3.8) is 0 Å². The molecule has 0 saturated carbocycles. The maximum absolute atomic E-state index is 13.2. The standard InChI is InChI=1S/C30H36N4O2.C28H32N4O2/c1-3-27(25-12-8-5-9-13-25)30(36)34-20-18-33(19-21-34)28-17-16-26(22-31-28)29(35)32-23(2)14-15-24-10-6-4-7-11-24;1-22-9-11-24(12-10-22)20-27(33)32-18-16-31(17-19-32)26-14-13-25(21-30-26)28(34)29-15-5-8-23-6-3-2-4-7-23/h4-13,16-17,22-23,27H,3,14-15,18-21H2,1-2H3,(H,32,35);2-4,6-7,9-14,21H,5,8,15-20H2,1H3,(H,29,34). The van der Waals surface area contributed by atoms with E-state index in [0.717, 1.165) is 81.0 Å². The van der Waals surface area contributed by atoms with E-state index in [9.17, 15) is 19.2 Å². The van der Waals surface area contributed by atoms with Gasteiger partial charge in [-0.3, -0.25) is 19.2 Å². The first-order chi connectivity index (χ1) is 34.1. The zero-order chi connectivity index (χ0) is 49.1. The molecule has 2 unspecified atom stereocenters. The zero-order valence-electron chi connectivity index (χ0n) is 41.0. The van der Waals surface area contributed by atoms with Gasteiger partial charge >= 0.3 is 0 Å². The Balaban J connectivity index is 0.000000207. The maximum Gasteiger partial charge on any atom is 0.253 e. The molecule has 6 aromatic rings. The third-order valence-electron chi connectivity index (χ3n) is 13.1. The van der Waals surface area contributed by atoms with Crippen LogP contribution in [0.2, 0.25) is 0 Å². The lowest BCUT2D eigenvalue weighted by Crippen LogP contribution is -2.50. The lowest BCUT2D eigenvalue weighted by Gasteiger charge is -2.37. The summed E-state index contributed by atoms with van der Waals surface area (Å²) in [5, 5.41) is 6.05. The SMILES string of the molecule is CCC(C(=O)N1CCN(c2ccc(C(=O)NC(C)CCc3ccccc3)cn2)CC1)c1ccccc1.Cc1ccc(CC(=O)N2CCN(c3ccc(C(=O)NCCCc4ccccc4)cn3)CC2)cc1. The van der Waals surface area contributed by atoms with Gasteiger partial charge in [0.05, 0.1) is 23.5 Å². The number of carbonyl (C=O) groups excluding carboxylic acids is 4. The number of hydrogen-bond acceptors (Lipinski definition) is 8. The van der Waals surface area contributed by atoms with Crippen LogP contribution in [-0.4, -0.2) is 108 Å². The van der Waals surface area contributed by atoms with Crippen LogP contribution >= 0.6 is 0 Å². The van der Waals surface area contributed by atoms with Crippen LogP contribution < -0.4 is 20.4 Å². The minimum absolute atomic E-state index is 0.0748. The smallest absolute Gasteiger partial charge is 0.253 e. The van der Waals surface area contributed by atoms with Crippen LogP contribution in [0, 0.1) is 6.92 Å². The number of benzene rings is 4. The summed E-state index contributed by atoms with van der Waals surface area (Å²) in [6.07, 6.45) is 8.16. The molecular formula is C58H68N8O4. The van der Waals surface area contributed by atoms with Gasteiger partial charge in [-0.2, -0.15) is 0 Å². The number of piperazine rings is 2. The Bertz CT molecular complexity index is 2550. The maximum atomic E-state index is 13.2. The summed E-state index contributed by atoms with van der Waals surface area (Å²) in [5.41, 5.74) is 7.01. The van der Waals surface area contributed by atoms with Crippen LogP contribution in [0.25, 0.3) is 0 Å². The monoisotopic (exact) mass is 941 g/mol. The molecule has 0 spiro atoms. The number of pyridine rings is 2. The third-order valence-corrected chi connectivity index (χ3v) is 13.1. The van der Waals surface area contributed by atoms with Crippen LogP contribution in [0.1, 0.15) is 87.6 Å². The van der Waals surface area contributed by atoms with Gasteiger partial charge in [0.2, 0.25) is 11.8 Å². The summed E-state index contributed by atoms with van der Waals surface area (Å²) in [4.78, 5) is 68.2. The van der Waals surface area contributed by atoms with Crippen molar-refractivity contribution in [2.45, 2.75) is 71.3 Å². The molecule has 364 valence electrons. The van der Waals surface area contributed by atoms with Gasteiger partial charge in [-0.05, 0) is 92.5 Å². The fraction of sp³-hybridized carbons (Fsp3) is 0.345. The molecule has 8 rings (SSSR count). The largest absolute Gasteiger partial charge is 0.353 e. The summed E-state index contributed by atoms with van der Waals surface area (Å²) in [7, 11) is 0. The third kappa shape index (κ3) is 14.8. The molecule has 2 N–H and O–H groups in total. The van der Waals surface area contributed by atoms with E-state index in [4.69, 9.17) is 0 Å². The number of amides is 4. The van der Waals surface area contributed by atoms with Gasteiger partial charge in [0, 0.05) is 77.3 Å². The van der Waals surface area contributed by atoms with E-state index < -0.39 is 0 Å². The predicted molar refractivity (Wildman–Crippen MR) is 279 cm³/mol. The summed E-state index contributed by atoms with van der Waals surface area (Å²) in [6.45, 7) is 12.4. The second kappa shape index (κ2) is 25.9. The average Bonchev–Trinajstić information content (AvgIpc) is 3.41. The number of nitrogens with zero attached hydrogens (tertiary/aromatic N) is 6. The fourth-order valence-corrected chi connectivity index (χ4v) is 8.86. The molecule has 2 aliphatic rings. The summed E-state index contributed by atoms with van der Waals surface area (Å²) >= 11 is 0. The molecule has 2 aliphatic heterocycles. The number of carbonyl (C=O) groups is 4. The molecule has 4 aromatic carbocycles. The molecule has 12 heteroatoms. The lowest BCUT2D eigenvalue weighted by molar-refractivity contribution is -0.133. The molecule has 2 atom stereocenters. The summed E-state index contributed by atoms with van der Waals surface area (Å²) < 4.78 is 0. The molecule has 0 aliphatic carbocycles. The van der Waals surface area contributed by atoms with E-state index in [2.05, 4.69) is 61.6 Å². The summed E-state index contributed by atoms with van der Waals surface area (Å²) in [5.74, 6) is 1.75. The number of nitrogens with one attached hydrogen (secondary N) is 2. The highest BCUT2D eigenvalue weighted by atomic mass is 16.2. The first kappa shape index (κ1) is 50.5. The molecule has 4 amide bonds. The molecule has 2 aromatic heterocycles. The number of aryl methyl sites for hydroxylation is 3. The Morgan fingerprint density at radius 2 is 1.09 bits per heavy atom. The van der Waals surface area contributed by atoms with Crippen LogP contribution in [0.15, 0.2) is 152 Å². The van der Waals surface area contributed by atoms with Crippen LogP contribution in [0.4, 0.5) is 11.6 Å². The molecule has 70 heavy (non-hydrogen) atoms. The van der Waals surface area contributed by atoms with Gasteiger partial charge in [-0.25, -0.2) is 9.97 Å². The molecule has 2 saturated heterocycles. The van der Waals surface area contributed by atoms with Gasteiger partial charge in [-0.1, -0.05) is 128 Å². The Morgan fingerprint density at radius 3 is 1.61 bits per heavy atom. The topological polar surface area (TPSA) is 131 Å². The Kier molecular flexibility index (Phi) is 18.7. The minimum Gasteiger partial charge on any atom is -0.353 e.